The number of rotatable bonds is 5. The van der Waals surface area contributed by atoms with Crippen LogP contribution in [0.4, 0.5) is 0 Å². The Morgan fingerprint density at radius 3 is 2.52 bits per heavy atom. The molecule has 1 N–H and O–H groups in total. The summed E-state index contributed by atoms with van der Waals surface area (Å²) in [6.45, 7) is 5.07. The lowest BCUT2D eigenvalue weighted by molar-refractivity contribution is -0.151. The Labute approximate surface area is 136 Å². The van der Waals surface area contributed by atoms with Crippen molar-refractivity contribution < 1.29 is 19.5 Å². The van der Waals surface area contributed by atoms with E-state index in [4.69, 9.17) is 0 Å². The van der Waals surface area contributed by atoms with Crippen LogP contribution in [0.1, 0.15) is 43.1 Å². The quantitative estimate of drug-likeness (QED) is 0.905. The van der Waals surface area contributed by atoms with E-state index in [1.54, 1.807) is 19.9 Å². The van der Waals surface area contributed by atoms with Crippen LogP contribution in [0.15, 0.2) is 24.3 Å². The van der Waals surface area contributed by atoms with E-state index >= 15 is 0 Å². The molecular formula is C18H23NO4. The summed E-state index contributed by atoms with van der Waals surface area (Å²) in [6, 6.07) is 6.58. The number of carboxylic acids is 1. The van der Waals surface area contributed by atoms with E-state index in [0.717, 1.165) is 12.0 Å². The van der Waals surface area contributed by atoms with E-state index in [-0.39, 0.29) is 30.1 Å². The van der Waals surface area contributed by atoms with Gasteiger partial charge in [-0.1, -0.05) is 38.1 Å². The van der Waals surface area contributed by atoms with Crippen LogP contribution >= 0.6 is 0 Å². The number of aliphatic carboxylic acids is 1. The molecule has 0 saturated heterocycles. The van der Waals surface area contributed by atoms with Crippen molar-refractivity contribution in [3.8, 4) is 0 Å². The van der Waals surface area contributed by atoms with Crippen LogP contribution in [0, 0.1) is 11.8 Å². The molecule has 0 radical (unpaired) electrons. The first-order chi connectivity index (χ1) is 10.8. The number of ketones is 1. The fourth-order valence-electron chi connectivity index (χ4n) is 3.29. The van der Waals surface area contributed by atoms with Crippen LogP contribution < -0.4 is 0 Å². The molecule has 1 aromatic rings. The van der Waals surface area contributed by atoms with Gasteiger partial charge in [-0.3, -0.25) is 9.59 Å². The highest BCUT2D eigenvalue weighted by Crippen LogP contribution is 2.27. The van der Waals surface area contributed by atoms with Gasteiger partial charge in [0.15, 0.2) is 5.78 Å². The maximum Gasteiger partial charge on any atom is 0.326 e. The van der Waals surface area contributed by atoms with Crippen LogP contribution in [-0.2, 0) is 16.0 Å². The van der Waals surface area contributed by atoms with Crippen molar-refractivity contribution in [2.45, 2.75) is 39.7 Å². The number of amides is 1. The molecule has 1 aromatic carbocycles. The van der Waals surface area contributed by atoms with Gasteiger partial charge < -0.3 is 10.0 Å². The Bertz CT molecular complexity index is 623. The van der Waals surface area contributed by atoms with Crippen molar-refractivity contribution in [3.63, 3.8) is 0 Å². The first-order valence-electron chi connectivity index (χ1n) is 7.95. The summed E-state index contributed by atoms with van der Waals surface area (Å²) < 4.78 is 0. The van der Waals surface area contributed by atoms with Crippen molar-refractivity contribution in [1.29, 1.82) is 0 Å². The number of hydrogen-bond acceptors (Lipinski definition) is 3. The van der Waals surface area contributed by atoms with Gasteiger partial charge in [0, 0.05) is 24.9 Å². The van der Waals surface area contributed by atoms with Gasteiger partial charge >= 0.3 is 5.97 Å². The topological polar surface area (TPSA) is 74.7 Å². The molecule has 0 aliphatic heterocycles. The van der Waals surface area contributed by atoms with Crippen molar-refractivity contribution in [1.82, 2.24) is 4.90 Å². The third-order valence-electron chi connectivity index (χ3n) is 4.46. The molecule has 0 saturated carbocycles. The molecule has 5 heteroatoms. The molecule has 2 unspecified atom stereocenters. The number of carbonyl (C=O) groups excluding carboxylic acids is 2. The molecule has 0 bridgehead atoms. The molecule has 124 valence electrons. The smallest absolute Gasteiger partial charge is 0.326 e. The largest absolute Gasteiger partial charge is 0.480 e. The Hall–Kier alpha value is -2.17. The predicted molar refractivity (Wildman–Crippen MR) is 86.2 cm³/mol. The highest BCUT2D eigenvalue weighted by molar-refractivity contribution is 6.00. The van der Waals surface area contributed by atoms with Gasteiger partial charge in [0.05, 0.1) is 0 Å². The first-order valence-corrected chi connectivity index (χ1v) is 7.95. The highest BCUT2D eigenvalue weighted by Gasteiger charge is 2.35. The SMILES string of the molecule is CC(=O)N(CC1CCc2ccccc2C1=O)C(C(=O)O)C(C)C. The van der Waals surface area contributed by atoms with Crippen LogP contribution in [0.25, 0.3) is 0 Å². The van der Waals surface area contributed by atoms with Crippen molar-refractivity contribution in [2.75, 3.05) is 6.54 Å². The van der Waals surface area contributed by atoms with Gasteiger partial charge in [-0.2, -0.15) is 0 Å². The van der Waals surface area contributed by atoms with Crippen LogP contribution in [-0.4, -0.2) is 40.3 Å². The van der Waals surface area contributed by atoms with Gasteiger partial charge in [0.25, 0.3) is 0 Å². The molecule has 1 aliphatic rings. The lowest BCUT2D eigenvalue weighted by Crippen LogP contribution is -2.50. The molecule has 2 atom stereocenters. The third kappa shape index (κ3) is 3.60. The lowest BCUT2D eigenvalue weighted by atomic mass is 9.82. The zero-order valence-electron chi connectivity index (χ0n) is 13.8. The second-order valence-corrected chi connectivity index (χ2v) is 6.46. The average Bonchev–Trinajstić information content (AvgIpc) is 2.48. The van der Waals surface area contributed by atoms with E-state index in [9.17, 15) is 19.5 Å². The molecule has 0 fully saturated rings. The first kappa shape index (κ1) is 17.2. The van der Waals surface area contributed by atoms with Gasteiger partial charge in [0.1, 0.15) is 6.04 Å². The van der Waals surface area contributed by atoms with Crippen LogP contribution in [0.5, 0.6) is 0 Å². The Kier molecular flexibility index (Phi) is 5.19. The minimum absolute atomic E-state index is 0.00555. The number of benzene rings is 1. The zero-order chi connectivity index (χ0) is 17.1. The standard InChI is InChI=1S/C18H23NO4/c1-11(2)16(18(22)23)19(12(3)20)10-14-9-8-13-6-4-5-7-15(13)17(14)21/h4-7,11,14,16H,8-10H2,1-3H3,(H,22,23). The van der Waals surface area contributed by atoms with E-state index in [1.165, 1.54) is 11.8 Å². The molecule has 0 heterocycles. The molecule has 1 amide bonds. The summed E-state index contributed by atoms with van der Waals surface area (Å²) >= 11 is 0. The Morgan fingerprint density at radius 2 is 1.96 bits per heavy atom. The molecule has 1 aliphatic carbocycles. The highest BCUT2D eigenvalue weighted by atomic mass is 16.4. The molecule has 0 aromatic heterocycles. The number of Topliss-reactive ketones (excluding diaryl/α,β-unsaturated/α-hetero) is 1. The second-order valence-electron chi connectivity index (χ2n) is 6.46. The van der Waals surface area contributed by atoms with Gasteiger partial charge in [-0.05, 0) is 24.3 Å². The molecule has 2 rings (SSSR count). The van der Waals surface area contributed by atoms with Crippen molar-refractivity contribution in [2.24, 2.45) is 11.8 Å². The summed E-state index contributed by atoms with van der Waals surface area (Å²) in [4.78, 5) is 37.5. The molecular weight excluding hydrogens is 294 g/mol. The summed E-state index contributed by atoms with van der Waals surface area (Å²) in [5.41, 5.74) is 1.73. The van der Waals surface area contributed by atoms with Gasteiger partial charge in [-0.15, -0.1) is 0 Å². The third-order valence-corrected chi connectivity index (χ3v) is 4.46. The monoisotopic (exact) mass is 317 g/mol. The number of hydrogen-bond donors (Lipinski definition) is 1. The van der Waals surface area contributed by atoms with Crippen LogP contribution in [0.3, 0.4) is 0 Å². The predicted octanol–water partition coefficient (Wildman–Crippen LogP) is 2.39. The zero-order valence-corrected chi connectivity index (χ0v) is 13.8. The van der Waals surface area contributed by atoms with Gasteiger partial charge in [0.2, 0.25) is 5.91 Å². The van der Waals surface area contributed by atoms with Crippen LogP contribution in [0.2, 0.25) is 0 Å². The number of carbonyl (C=O) groups is 3. The van der Waals surface area contributed by atoms with E-state index in [1.807, 2.05) is 18.2 Å². The lowest BCUT2D eigenvalue weighted by Gasteiger charge is -2.34. The van der Waals surface area contributed by atoms with Gasteiger partial charge in [-0.25, -0.2) is 4.79 Å². The number of nitrogens with zero attached hydrogens (tertiary/aromatic N) is 1. The fraction of sp³-hybridized carbons (Fsp3) is 0.500. The van der Waals surface area contributed by atoms with E-state index in [2.05, 4.69) is 0 Å². The maximum absolute atomic E-state index is 12.7. The second kappa shape index (κ2) is 6.94. The minimum atomic E-state index is -1.03. The summed E-state index contributed by atoms with van der Waals surface area (Å²) in [5.74, 6) is -1.89. The fourth-order valence-corrected chi connectivity index (χ4v) is 3.29. The average molecular weight is 317 g/mol. The number of fused-ring (bicyclic) bond motifs is 1. The number of carboxylic acid groups (broad SMARTS) is 1. The normalized spacial score (nSPS) is 18.4. The summed E-state index contributed by atoms with van der Waals surface area (Å²) in [7, 11) is 0. The molecule has 5 nitrogen and oxygen atoms in total. The summed E-state index contributed by atoms with van der Waals surface area (Å²) in [5, 5.41) is 9.44. The van der Waals surface area contributed by atoms with E-state index in [0.29, 0.717) is 12.0 Å². The minimum Gasteiger partial charge on any atom is -0.480 e. The molecule has 0 spiro atoms. The van der Waals surface area contributed by atoms with Crippen molar-refractivity contribution in [3.05, 3.63) is 35.4 Å². The summed E-state index contributed by atoms with van der Waals surface area (Å²) in [6.07, 6.45) is 1.42. The number of aryl methyl sites for hydroxylation is 1. The Morgan fingerprint density at radius 1 is 1.30 bits per heavy atom. The van der Waals surface area contributed by atoms with E-state index < -0.39 is 12.0 Å². The van der Waals surface area contributed by atoms with Crippen molar-refractivity contribution >= 4 is 17.7 Å². The molecule has 23 heavy (non-hydrogen) atoms. The maximum atomic E-state index is 12.7. The Balaban J connectivity index is 2.23.